The Bertz CT molecular complexity index is 1320. The minimum Gasteiger partial charge on any atom is -0.493 e. The van der Waals surface area contributed by atoms with Crippen LogP contribution in [0.2, 0.25) is 20.1 Å². The largest absolute Gasteiger partial charge is 0.493 e. The maximum atomic E-state index is 12.1. The first-order valence-corrected chi connectivity index (χ1v) is 12.5. The summed E-state index contributed by atoms with van der Waals surface area (Å²) in [5.74, 6) is -0.299. The minimum atomic E-state index is -0.618. The van der Waals surface area contributed by atoms with E-state index in [0.717, 1.165) is 5.56 Å². The molecular weight excluding hydrogens is 616 g/mol. The Balaban J connectivity index is 1.59. The highest BCUT2D eigenvalue weighted by Crippen LogP contribution is 2.37. The maximum absolute atomic E-state index is 12.1. The summed E-state index contributed by atoms with van der Waals surface area (Å²) in [5.41, 5.74) is 3.97. The van der Waals surface area contributed by atoms with Gasteiger partial charge in [0.25, 0.3) is 0 Å². The number of halogens is 5. The molecule has 188 valence electrons. The van der Waals surface area contributed by atoms with Crippen LogP contribution in [-0.2, 0) is 16.2 Å². The number of hydrogen-bond donors (Lipinski definition) is 2. The van der Waals surface area contributed by atoms with Gasteiger partial charge in [-0.05, 0) is 57.9 Å². The highest BCUT2D eigenvalue weighted by atomic mass is 79.9. The highest BCUT2D eigenvalue weighted by molar-refractivity contribution is 9.10. The lowest BCUT2D eigenvalue weighted by molar-refractivity contribution is -0.126. The van der Waals surface area contributed by atoms with E-state index in [-0.39, 0.29) is 16.7 Å². The minimum absolute atomic E-state index is 0.189. The lowest BCUT2D eigenvalue weighted by atomic mass is 10.2. The van der Waals surface area contributed by atoms with Crippen LogP contribution in [0.3, 0.4) is 0 Å². The standard InChI is InChI=1S/C24H18BrCl4N3O4/c1-35-20-8-13(7-16(25)24(20)36-12-14-5-6-15(26)9-18(14)28)11-30-32-22(34)10-21(33)31-19-4-2-3-17(27)23(19)29/h2-9,11H,10,12H2,1H3,(H,31,33)(H,32,34). The number of amides is 2. The molecule has 2 N–H and O–H groups in total. The van der Waals surface area contributed by atoms with E-state index in [9.17, 15) is 9.59 Å². The highest BCUT2D eigenvalue weighted by Gasteiger charge is 2.14. The third-order valence-electron chi connectivity index (χ3n) is 4.59. The molecule has 0 aromatic heterocycles. The summed E-state index contributed by atoms with van der Waals surface area (Å²) in [6, 6.07) is 13.3. The fourth-order valence-electron chi connectivity index (χ4n) is 2.90. The van der Waals surface area contributed by atoms with E-state index in [1.54, 1.807) is 48.5 Å². The van der Waals surface area contributed by atoms with Gasteiger partial charge in [0.2, 0.25) is 11.8 Å². The molecule has 0 atom stereocenters. The van der Waals surface area contributed by atoms with E-state index in [2.05, 4.69) is 31.8 Å². The maximum Gasteiger partial charge on any atom is 0.249 e. The fraction of sp³-hybridized carbons (Fsp3) is 0.125. The van der Waals surface area contributed by atoms with Crippen molar-refractivity contribution in [3.8, 4) is 11.5 Å². The number of rotatable bonds is 9. The summed E-state index contributed by atoms with van der Waals surface area (Å²) in [4.78, 5) is 24.2. The van der Waals surface area contributed by atoms with E-state index < -0.39 is 18.2 Å². The number of hydrazone groups is 1. The number of nitrogens with zero attached hydrogens (tertiary/aromatic N) is 1. The lowest BCUT2D eigenvalue weighted by Gasteiger charge is -2.14. The summed E-state index contributed by atoms with van der Waals surface area (Å²) in [6.45, 7) is 0.191. The first-order valence-electron chi connectivity index (χ1n) is 10.2. The van der Waals surface area contributed by atoms with Crippen LogP contribution in [0.1, 0.15) is 17.5 Å². The normalized spacial score (nSPS) is 10.8. The quantitative estimate of drug-likeness (QED) is 0.149. The van der Waals surface area contributed by atoms with Crippen LogP contribution < -0.4 is 20.2 Å². The molecule has 0 radical (unpaired) electrons. The Kier molecular flexibility index (Phi) is 10.3. The van der Waals surface area contributed by atoms with Crippen molar-refractivity contribution in [3.63, 3.8) is 0 Å². The van der Waals surface area contributed by atoms with Crippen molar-refractivity contribution >= 4 is 86.1 Å². The average molecular weight is 634 g/mol. The van der Waals surface area contributed by atoms with Crippen LogP contribution in [0.5, 0.6) is 11.5 Å². The predicted molar refractivity (Wildman–Crippen MR) is 147 cm³/mol. The molecule has 0 unspecified atom stereocenters. The van der Waals surface area contributed by atoms with Crippen molar-refractivity contribution in [3.05, 3.63) is 84.2 Å². The molecule has 3 aromatic rings. The third kappa shape index (κ3) is 7.75. The molecule has 3 aromatic carbocycles. The van der Waals surface area contributed by atoms with Gasteiger partial charge in [-0.2, -0.15) is 5.10 Å². The molecule has 0 aliphatic heterocycles. The van der Waals surface area contributed by atoms with Gasteiger partial charge in [0, 0.05) is 15.6 Å². The van der Waals surface area contributed by atoms with Crippen molar-refractivity contribution in [2.45, 2.75) is 13.0 Å². The Labute approximate surface area is 235 Å². The number of carbonyl (C=O) groups is 2. The summed E-state index contributed by atoms with van der Waals surface area (Å²) in [7, 11) is 1.50. The summed E-state index contributed by atoms with van der Waals surface area (Å²) in [5, 5.41) is 7.92. The molecule has 36 heavy (non-hydrogen) atoms. The molecule has 0 bridgehead atoms. The van der Waals surface area contributed by atoms with Gasteiger partial charge >= 0.3 is 0 Å². The van der Waals surface area contributed by atoms with Gasteiger partial charge < -0.3 is 14.8 Å². The second-order valence-corrected chi connectivity index (χ2v) is 9.66. The molecule has 0 aliphatic rings. The first-order chi connectivity index (χ1) is 17.2. The van der Waals surface area contributed by atoms with Crippen molar-refractivity contribution in [1.82, 2.24) is 5.43 Å². The second kappa shape index (κ2) is 13.2. The number of anilines is 1. The van der Waals surface area contributed by atoms with E-state index in [0.29, 0.717) is 37.3 Å². The predicted octanol–water partition coefficient (Wildman–Crippen LogP) is 7.13. The molecule has 3 rings (SSSR count). The zero-order valence-electron chi connectivity index (χ0n) is 18.6. The molecule has 0 fully saturated rings. The summed E-state index contributed by atoms with van der Waals surface area (Å²) >= 11 is 27.5. The summed E-state index contributed by atoms with van der Waals surface area (Å²) in [6.07, 6.45) is 0.935. The SMILES string of the molecule is COc1cc(C=NNC(=O)CC(=O)Nc2cccc(Cl)c2Cl)cc(Br)c1OCc1ccc(Cl)cc1Cl. The van der Waals surface area contributed by atoms with Gasteiger partial charge in [0.15, 0.2) is 11.5 Å². The Morgan fingerprint density at radius 3 is 2.53 bits per heavy atom. The topological polar surface area (TPSA) is 89.0 Å². The van der Waals surface area contributed by atoms with Crippen LogP contribution in [0.4, 0.5) is 5.69 Å². The van der Waals surface area contributed by atoms with Crippen molar-refractivity contribution < 1.29 is 19.1 Å². The Hall–Kier alpha value is -2.49. The van der Waals surface area contributed by atoms with Crippen molar-refractivity contribution in [2.75, 3.05) is 12.4 Å². The van der Waals surface area contributed by atoms with Gasteiger partial charge in [0.05, 0.1) is 33.5 Å². The molecule has 0 spiro atoms. The van der Waals surface area contributed by atoms with E-state index in [4.69, 9.17) is 55.9 Å². The molecule has 2 amide bonds. The van der Waals surface area contributed by atoms with Crippen LogP contribution in [0.15, 0.2) is 58.1 Å². The van der Waals surface area contributed by atoms with Gasteiger partial charge in [-0.15, -0.1) is 0 Å². The zero-order valence-corrected chi connectivity index (χ0v) is 23.2. The molecular formula is C24H18BrCl4N3O4. The second-order valence-electron chi connectivity index (χ2n) is 7.18. The number of hydrogen-bond acceptors (Lipinski definition) is 5. The van der Waals surface area contributed by atoms with Crippen molar-refractivity contribution in [2.24, 2.45) is 5.10 Å². The molecule has 7 nitrogen and oxygen atoms in total. The van der Waals surface area contributed by atoms with Crippen LogP contribution in [0.25, 0.3) is 0 Å². The van der Waals surface area contributed by atoms with Gasteiger partial charge in [0.1, 0.15) is 13.0 Å². The number of methoxy groups -OCH3 is 1. The van der Waals surface area contributed by atoms with E-state index >= 15 is 0 Å². The van der Waals surface area contributed by atoms with Gasteiger partial charge in [-0.1, -0.05) is 58.5 Å². The molecule has 0 heterocycles. The van der Waals surface area contributed by atoms with Crippen molar-refractivity contribution in [1.29, 1.82) is 0 Å². The first kappa shape index (κ1) is 28.1. The lowest BCUT2D eigenvalue weighted by Crippen LogP contribution is -2.24. The Morgan fingerprint density at radius 1 is 1.03 bits per heavy atom. The third-order valence-corrected chi connectivity index (χ3v) is 6.58. The van der Waals surface area contributed by atoms with Crippen LogP contribution >= 0.6 is 62.3 Å². The average Bonchev–Trinajstić information content (AvgIpc) is 2.82. The number of ether oxygens (including phenoxy) is 2. The van der Waals surface area contributed by atoms with Gasteiger partial charge in [-0.25, -0.2) is 5.43 Å². The molecule has 0 aliphatic carbocycles. The molecule has 0 saturated heterocycles. The molecule has 12 heteroatoms. The Morgan fingerprint density at radius 2 is 1.81 bits per heavy atom. The van der Waals surface area contributed by atoms with Gasteiger partial charge in [-0.3, -0.25) is 9.59 Å². The monoisotopic (exact) mass is 631 g/mol. The van der Waals surface area contributed by atoms with E-state index in [1.807, 2.05) is 0 Å². The number of nitrogens with one attached hydrogen (secondary N) is 2. The number of carbonyl (C=O) groups excluding carboxylic acids is 2. The molecule has 0 saturated carbocycles. The van der Waals surface area contributed by atoms with Crippen LogP contribution in [0, 0.1) is 0 Å². The zero-order chi connectivity index (χ0) is 26.2. The summed E-state index contributed by atoms with van der Waals surface area (Å²) < 4.78 is 11.9. The fourth-order valence-corrected chi connectivity index (χ4v) is 4.29. The van der Waals surface area contributed by atoms with Crippen LogP contribution in [-0.4, -0.2) is 25.1 Å². The smallest absolute Gasteiger partial charge is 0.249 e. The number of benzene rings is 3. The van der Waals surface area contributed by atoms with E-state index in [1.165, 1.54) is 13.3 Å².